The highest BCUT2D eigenvalue weighted by Gasteiger charge is 2.25. The molecule has 24 heavy (non-hydrogen) atoms. The van der Waals surface area contributed by atoms with Crippen molar-refractivity contribution in [2.24, 2.45) is 0 Å². The van der Waals surface area contributed by atoms with Gasteiger partial charge in [-0.1, -0.05) is 10.3 Å². The molecular weight excluding hydrogens is 314 g/mol. The van der Waals surface area contributed by atoms with Crippen molar-refractivity contribution in [1.29, 1.82) is 0 Å². The Kier molecular flexibility index (Phi) is 5.21. The number of piperazine rings is 1. The summed E-state index contributed by atoms with van der Waals surface area (Å²) in [5.41, 5.74) is 0.343. The molecule has 2 aromatic rings. The van der Waals surface area contributed by atoms with Crippen molar-refractivity contribution in [3.05, 3.63) is 29.7 Å². The summed E-state index contributed by atoms with van der Waals surface area (Å²) in [7, 11) is 0. The summed E-state index contributed by atoms with van der Waals surface area (Å²) in [6.07, 6.45) is 1.23. The van der Waals surface area contributed by atoms with Gasteiger partial charge in [0.15, 0.2) is 11.5 Å². The lowest BCUT2D eigenvalue weighted by atomic mass is 10.2. The van der Waals surface area contributed by atoms with Gasteiger partial charge in [-0.25, -0.2) is 0 Å². The molecule has 3 heterocycles. The summed E-state index contributed by atoms with van der Waals surface area (Å²) < 4.78 is 15.5. The zero-order valence-corrected chi connectivity index (χ0v) is 13.8. The van der Waals surface area contributed by atoms with E-state index in [0.717, 1.165) is 13.1 Å². The Morgan fingerprint density at radius 2 is 2.12 bits per heavy atom. The van der Waals surface area contributed by atoms with E-state index in [1.54, 1.807) is 11.0 Å². The van der Waals surface area contributed by atoms with Gasteiger partial charge in [0.25, 0.3) is 5.91 Å². The van der Waals surface area contributed by atoms with Gasteiger partial charge in [-0.3, -0.25) is 9.69 Å². The van der Waals surface area contributed by atoms with Crippen molar-refractivity contribution in [2.75, 3.05) is 32.8 Å². The van der Waals surface area contributed by atoms with Crippen molar-refractivity contribution in [2.45, 2.75) is 26.5 Å². The van der Waals surface area contributed by atoms with Crippen molar-refractivity contribution in [1.82, 2.24) is 25.1 Å². The number of ether oxygens (including phenoxy) is 1. The Morgan fingerprint density at radius 1 is 1.33 bits per heavy atom. The number of hydrogen-bond donors (Lipinski definition) is 0. The first kappa shape index (κ1) is 16.6. The number of nitrogens with zero attached hydrogens (tertiary/aromatic N) is 5. The largest absolute Gasteiger partial charge is 0.371 e. The molecule has 0 saturated carbocycles. The molecule has 0 bridgehead atoms. The highest BCUT2D eigenvalue weighted by Crippen LogP contribution is 2.15. The smallest absolute Gasteiger partial charge is 0.276 e. The zero-order valence-electron chi connectivity index (χ0n) is 13.8. The van der Waals surface area contributed by atoms with Crippen LogP contribution in [0.25, 0.3) is 0 Å². The second kappa shape index (κ2) is 7.54. The number of amides is 1. The number of carbonyl (C=O) groups is 1. The minimum absolute atomic E-state index is 0.103. The highest BCUT2D eigenvalue weighted by atomic mass is 16.5. The molecule has 1 atom stereocenters. The molecular formula is C15H21N5O4. The van der Waals surface area contributed by atoms with E-state index in [1.165, 1.54) is 6.26 Å². The van der Waals surface area contributed by atoms with Crippen LogP contribution < -0.4 is 0 Å². The van der Waals surface area contributed by atoms with E-state index in [1.807, 2.05) is 13.8 Å². The predicted molar refractivity (Wildman–Crippen MR) is 82.0 cm³/mol. The Morgan fingerprint density at radius 3 is 2.79 bits per heavy atom. The molecule has 1 aliphatic rings. The van der Waals surface area contributed by atoms with Gasteiger partial charge in [0, 0.05) is 38.9 Å². The van der Waals surface area contributed by atoms with Crippen molar-refractivity contribution >= 4 is 5.91 Å². The van der Waals surface area contributed by atoms with Gasteiger partial charge in [-0.2, -0.15) is 4.98 Å². The van der Waals surface area contributed by atoms with E-state index < -0.39 is 0 Å². The average Bonchev–Trinajstić information content (AvgIpc) is 3.27. The first-order valence-corrected chi connectivity index (χ1v) is 8.03. The van der Waals surface area contributed by atoms with Crippen molar-refractivity contribution < 1.29 is 18.6 Å². The van der Waals surface area contributed by atoms with E-state index in [2.05, 4.69) is 20.2 Å². The zero-order chi connectivity index (χ0) is 16.9. The molecule has 1 aliphatic heterocycles. The SMILES string of the molecule is CCOC(C)c1noc(CN2CCN(C(=O)c3ccon3)CC2)n1. The predicted octanol–water partition coefficient (Wildman–Crippen LogP) is 1.11. The molecule has 1 amide bonds. The lowest BCUT2D eigenvalue weighted by Crippen LogP contribution is -2.48. The first-order valence-electron chi connectivity index (χ1n) is 8.03. The van der Waals surface area contributed by atoms with Gasteiger partial charge in [0.2, 0.25) is 5.89 Å². The van der Waals surface area contributed by atoms with Crippen LogP contribution in [-0.2, 0) is 11.3 Å². The van der Waals surface area contributed by atoms with Gasteiger partial charge < -0.3 is 18.7 Å². The summed E-state index contributed by atoms with van der Waals surface area (Å²) in [6.45, 7) is 7.73. The van der Waals surface area contributed by atoms with E-state index in [4.69, 9.17) is 13.8 Å². The van der Waals surface area contributed by atoms with Crippen LogP contribution in [0.3, 0.4) is 0 Å². The lowest BCUT2D eigenvalue weighted by Gasteiger charge is -2.33. The van der Waals surface area contributed by atoms with Crippen molar-refractivity contribution in [3.8, 4) is 0 Å². The van der Waals surface area contributed by atoms with Crippen LogP contribution in [0.5, 0.6) is 0 Å². The molecule has 0 N–H and O–H groups in total. The number of rotatable bonds is 6. The monoisotopic (exact) mass is 335 g/mol. The summed E-state index contributed by atoms with van der Waals surface area (Å²) in [5.74, 6) is 1.02. The van der Waals surface area contributed by atoms with Crippen LogP contribution in [0.1, 0.15) is 42.2 Å². The maximum absolute atomic E-state index is 12.2. The molecule has 1 saturated heterocycles. The quantitative estimate of drug-likeness (QED) is 0.774. The fourth-order valence-electron chi connectivity index (χ4n) is 2.61. The average molecular weight is 335 g/mol. The fourth-order valence-corrected chi connectivity index (χ4v) is 2.61. The molecule has 1 fully saturated rings. The topological polar surface area (TPSA) is 97.7 Å². The Balaban J connectivity index is 1.50. The molecule has 0 aromatic carbocycles. The summed E-state index contributed by atoms with van der Waals surface area (Å²) in [6, 6.07) is 1.58. The van der Waals surface area contributed by atoms with Gasteiger partial charge in [-0.15, -0.1) is 0 Å². The second-order valence-electron chi connectivity index (χ2n) is 5.60. The molecule has 3 rings (SSSR count). The molecule has 0 radical (unpaired) electrons. The number of aromatic nitrogens is 3. The third-order valence-electron chi connectivity index (χ3n) is 3.94. The first-order chi connectivity index (χ1) is 11.7. The van der Waals surface area contributed by atoms with Crippen LogP contribution in [0.2, 0.25) is 0 Å². The van der Waals surface area contributed by atoms with Crippen LogP contribution in [-0.4, -0.2) is 63.8 Å². The second-order valence-corrected chi connectivity index (χ2v) is 5.60. The third-order valence-corrected chi connectivity index (χ3v) is 3.94. The van der Waals surface area contributed by atoms with E-state index in [0.29, 0.717) is 43.7 Å². The van der Waals surface area contributed by atoms with E-state index in [-0.39, 0.29) is 12.0 Å². The Bertz CT molecular complexity index is 649. The van der Waals surface area contributed by atoms with E-state index in [9.17, 15) is 4.79 Å². The summed E-state index contributed by atoms with van der Waals surface area (Å²) in [4.78, 5) is 20.5. The normalized spacial score (nSPS) is 17.2. The van der Waals surface area contributed by atoms with Crippen LogP contribution in [0.4, 0.5) is 0 Å². The van der Waals surface area contributed by atoms with Crippen LogP contribution >= 0.6 is 0 Å². The fraction of sp³-hybridized carbons (Fsp3) is 0.600. The van der Waals surface area contributed by atoms with Gasteiger partial charge in [0.1, 0.15) is 12.4 Å². The molecule has 1 unspecified atom stereocenters. The molecule has 9 nitrogen and oxygen atoms in total. The molecule has 130 valence electrons. The standard InChI is InChI=1S/C15H21N5O4/c1-3-22-11(2)14-16-13(24-18-14)10-19-5-7-20(8-6-19)15(21)12-4-9-23-17-12/h4,9,11H,3,5-8,10H2,1-2H3. The molecule has 0 aliphatic carbocycles. The number of hydrogen-bond acceptors (Lipinski definition) is 8. The summed E-state index contributed by atoms with van der Waals surface area (Å²) >= 11 is 0. The van der Waals surface area contributed by atoms with Gasteiger partial charge >= 0.3 is 0 Å². The maximum Gasteiger partial charge on any atom is 0.276 e. The molecule has 9 heteroatoms. The van der Waals surface area contributed by atoms with Gasteiger partial charge in [0.05, 0.1) is 6.54 Å². The summed E-state index contributed by atoms with van der Waals surface area (Å²) in [5, 5.41) is 7.64. The highest BCUT2D eigenvalue weighted by molar-refractivity contribution is 5.92. The molecule has 2 aromatic heterocycles. The maximum atomic E-state index is 12.2. The number of carbonyl (C=O) groups excluding carboxylic acids is 1. The van der Waals surface area contributed by atoms with E-state index >= 15 is 0 Å². The molecule has 0 spiro atoms. The van der Waals surface area contributed by atoms with Crippen LogP contribution in [0.15, 0.2) is 21.4 Å². The minimum Gasteiger partial charge on any atom is -0.371 e. The Hall–Kier alpha value is -2.26. The van der Waals surface area contributed by atoms with Crippen molar-refractivity contribution in [3.63, 3.8) is 0 Å². The third kappa shape index (κ3) is 3.80. The van der Waals surface area contributed by atoms with Crippen LogP contribution in [0, 0.1) is 0 Å². The van der Waals surface area contributed by atoms with Gasteiger partial charge in [-0.05, 0) is 13.8 Å². The minimum atomic E-state index is -0.176. The Labute approximate surface area is 139 Å². The lowest BCUT2D eigenvalue weighted by molar-refractivity contribution is 0.0605.